The molecule has 0 radical (unpaired) electrons. The number of thioether (sulfide) groups is 1. The SMILES string of the molecule is CC1CC(C)SC(=NCC2CC2C)N1. The van der Waals surface area contributed by atoms with Crippen molar-refractivity contribution in [1.29, 1.82) is 0 Å². The van der Waals surface area contributed by atoms with Crippen LogP contribution in [0.5, 0.6) is 0 Å². The van der Waals surface area contributed by atoms with Crippen LogP contribution in [0.4, 0.5) is 0 Å². The minimum Gasteiger partial charge on any atom is -0.362 e. The van der Waals surface area contributed by atoms with Gasteiger partial charge < -0.3 is 5.32 Å². The van der Waals surface area contributed by atoms with Crippen LogP contribution >= 0.6 is 11.8 Å². The number of aliphatic imine (C=N–C) groups is 1. The third-order valence-electron chi connectivity index (χ3n) is 3.11. The van der Waals surface area contributed by atoms with Crippen molar-refractivity contribution < 1.29 is 0 Å². The molecule has 14 heavy (non-hydrogen) atoms. The highest BCUT2D eigenvalue weighted by molar-refractivity contribution is 8.14. The highest BCUT2D eigenvalue weighted by Gasteiger charge is 2.32. The monoisotopic (exact) mass is 212 g/mol. The first-order chi connectivity index (χ1) is 6.65. The van der Waals surface area contributed by atoms with Crippen molar-refractivity contribution in [3.05, 3.63) is 0 Å². The van der Waals surface area contributed by atoms with Crippen molar-refractivity contribution in [2.45, 2.75) is 44.9 Å². The maximum atomic E-state index is 4.66. The quantitative estimate of drug-likeness (QED) is 0.760. The Morgan fingerprint density at radius 1 is 1.36 bits per heavy atom. The lowest BCUT2D eigenvalue weighted by Crippen LogP contribution is -2.38. The molecule has 0 amide bonds. The number of nitrogens with zero attached hydrogens (tertiary/aromatic N) is 1. The van der Waals surface area contributed by atoms with E-state index in [4.69, 9.17) is 0 Å². The van der Waals surface area contributed by atoms with E-state index in [9.17, 15) is 0 Å². The summed E-state index contributed by atoms with van der Waals surface area (Å²) in [4.78, 5) is 4.66. The van der Waals surface area contributed by atoms with E-state index in [2.05, 4.69) is 31.1 Å². The van der Waals surface area contributed by atoms with Crippen molar-refractivity contribution in [3.8, 4) is 0 Å². The van der Waals surface area contributed by atoms with Gasteiger partial charge in [-0.15, -0.1) is 0 Å². The van der Waals surface area contributed by atoms with E-state index in [0.29, 0.717) is 6.04 Å². The molecule has 0 aromatic carbocycles. The molecule has 1 heterocycles. The van der Waals surface area contributed by atoms with E-state index in [1.807, 2.05) is 11.8 Å². The zero-order chi connectivity index (χ0) is 10.1. The molecule has 4 unspecified atom stereocenters. The molecule has 1 aliphatic heterocycles. The molecule has 0 spiro atoms. The summed E-state index contributed by atoms with van der Waals surface area (Å²) in [5, 5.41) is 5.36. The Bertz CT molecular complexity index is 227. The summed E-state index contributed by atoms with van der Waals surface area (Å²) in [5.41, 5.74) is 0. The summed E-state index contributed by atoms with van der Waals surface area (Å²) in [6.45, 7) is 7.89. The summed E-state index contributed by atoms with van der Waals surface area (Å²) in [6, 6.07) is 0.599. The van der Waals surface area contributed by atoms with Gasteiger partial charge in [0.1, 0.15) is 0 Å². The van der Waals surface area contributed by atoms with E-state index in [-0.39, 0.29) is 0 Å². The second kappa shape index (κ2) is 4.13. The molecular formula is C11H20N2S. The molecule has 80 valence electrons. The Morgan fingerprint density at radius 3 is 2.64 bits per heavy atom. The van der Waals surface area contributed by atoms with E-state index >= 15 is 0 Å². The molecule has 0 aromatic heterocycles. The van der Waals surface area contributed by atoms with Gasteiger partial charge in [0.25, 0.3) is 0 Å². The predicted octanol–water partition coefficient (Wildman–Crippen LogP) is 2.50. The standard InChI is InChI=1S/C11H20N2S/c1-7-4-10(7)6-12-11-13-8(2)5-9(3)14-11/h7-10H,4-6H2,1-3H3,(H,12,13). The lowest BCUT2D eigenvalue weighted by atomic mass is 10.2. The maximum absolute atomic E-state index is 4.66. The van der Waals surface area contributed by atoms with Crippen LogP contribution in [-0.4, -0.2) is 23.0 Å². The molecule has 1 saturated carbocycles. The van der Waals surface area contributed by atoms with E-state index in [1.54, 1.807) is 0 Å². The first-order valence-corrected chi connectivity index (χ1v) is 6.50. The van der Waals surface area contributed by atoms with Crippen molar-refractivity contribution in [2.75, 3.05) is 6.54 Å². The van der Waals surface area contributed by atoms with Crippen molar-refractivity contribution in [2.24, 2.45) is 16.8 Å². The molecule has 2 nitrogen and oxygen atoms in total. The summed E-state index contributed by atoms with van der Waals surface area (Å²) in [6.07, 6.45) is 2.63. The van der Waals surface area contributed by atoms with Crippen LogP contribution in [0.3, 0.4) is 0 Å². The highest BCUT2D eigenvalue weighted by atomic mass is 32.2. The average Bonchev–Trinajstić information content (AvgIpc) is 2.77. The molecule has 2 aliphatic rings. The average molecular weight is 212 g/mol. The zero-order valence-electron chi connectivity index (χ0n) is 9.29. The second-order valence-corrected chi connectivity index (χ2v) is 6.26. The Morgan fingerprint density at radius 2 is 2.07 bits per heavy atom. The smallest absolute Gasteiger partial charge is 0.157 e. The lowest BCUT2D eigenvalue weighted by molar-refractivity contribution is 0.596. The van der Waals surface area contributed by atoms with Gasteiger partial charge in [0.2, 0.25) is 0 Å². The topological polar surface area (TPSA) is 24.4 Å². The van der Waals surface area contributed by atoms with Gasteiger partial charge >= 0.3 is 0 Å². The van der Waals surface area contributed by atoms with Crippen molar-refractivity contribution in [1.82, 2.24) is 5.32 Å². The van der Waals surface area contributed by atoms with Crippen LogP contribution in [0.25, 0.3) is 0 Å². The number of rotatable bonds is 2. The van der Waals surface area contributed by atoms with E-state index in [0.717, 1.165) is 23.6 Å². The molecule has 1 N–H and O–H groups in total. The Kier molecular flexibility index (Phi) is 3.05. The van der Waals surface area contributed by atoms with Crippen molar-refractivity contribution >= 4 is 16.9 Å². The van der Waals surface area contributed by atoms with Crippen LogP contribution in [0.1, 0.15) is 33.6 Å². The predicted molar refractivity (Wildman–Crippen MR) is 63.8 cm³/mol. The van der Waals surface area contributed by atoms with Gasteiger partial charge in [0.15, 0.2) is 5.17 Å². The summed E-state index contributed by atoms with van der Waals surface area (Å²) in [7, 11) is 0. The fourth-order valence-corrected chi connectivity index (χ4v) is 3.16. The van der Waals surface area contributed by atoms with Crippen LogP contribution in [0.2, 0.25) is 0 Å². The molecule has 3 heteroatoms. The number of hydrogen-bond acceptors (Lipinski definition) is 2. The van der Waals surface area contributed by atoms with E-state index in [1.165, 1.54) is 18.0 Å². The Hall–Kier alpha value is -0.180. The molecule has 0 aromatic rings. The normalized spacial score (nSPS) is 44.9. The van der Waals surface area contributed by atoms with E-state index < -0.39 is 0 Å². The van der Waals surface area contributed by atoms with Crippen LogP contribution in [0.15, 0.2) is 4.99 Å². The fraction of sp³-hybridized carbons (Fsp3) is 0.909. The van der Waals surface area contributed by atoms with Gasteiger partial charge in [-0.1, -0.05) is 25.6 Å². The molecule has 1 aliphatic carbocycles. The minimum absolute atomic E-state index is 0.599. The molecular weight excluding hydrogens is 192 g/mol. The summed E-state index contributed by atoms with van der Waals surface area (Å²) >= 11 is 1.90. The van der Waals surface area contributed by atoms with Gasteiger partial charge in [-0.3, -0.25) is 4.99 Å². The first-order valence-electron chi connectivity index (χ1n) is 5.62. The third-order valence-corrected chi connectivity index (χ3v) is 4.18. The van der Waals surface area contributed by atoms with Gasteiger partial charge in [0, 0.05) is 17.8 Å². The highest BCUT2D eigenvalue weighted by Crippen LogP contribution is 2.38. The Balaban J connectivity index is 1.83. The summed E-state index contributed by atoms with van der Waals surface area (Å²) in [5.74, 6) is 1.79. The molecule has 2 fully saturated rings. The molecule has 4 atom stereocenters. The lowest BCUT2D eigenvalue weighted by Gasteiger charge is -2.26. The van der Waals surface area contributed by atoms with Gasteiger partial charge in [-0.2, -0.15) is 0 Å². The minimum atomic E-state index is 0.599. The van der Waals surface area contributed by atoms with Crippen molar-refractivity contribution in [3.63, 3.8) is 0 Å². The van der Waals surface area contributed by atoms with Gasteiger partial charge in [0.05, 0.1) is 0 Å². The summed E-state index contributed by atoms with van der Waals surface area (Å²) < 4.78 is 0. The van der Waals surface area contributed by atoms with Gasteiger partial charge in [-0.05, 0) is 31.6 Å². The number of hydrogen-bond donors (Lipinski definition) is 1. The fourth-order valence-electron chi connectivity index (χ4n) is 1.98. The van der Waals surface area contributed by atoms with Crippen LogP contribution in [-0.2, 0) is 0 Å². The second-order valence-electron chi connectivity index (χ2n) is 4.83. The maximum Gasteiger partial charge on any atom is 0.157 e. The van der Waals surface area contributed by atoms with Gasteiger partial charge in [-0.25, -0.2) is 0 Å². The Labute approximate surface area is 90.9 Å². The zero-order valence-corrected chi connectivity index (χ0v) is 10.1. The molecule has 0 bridgehead atoms. The largest absolute Gasteiger partial charge is 0.362 e. The molecule has 1 saturated heterocycles. The first kappa shape index (κ1) is 10.3. The molecule has 2 rings (SSSR count). The van der Waals surface area contributed by atoms with Crippen LogP contribution < -0.4 is 5.32 Å². The number of nitrogens with one attached hydrogen (secondary N) is 1. The number of amidine groups is 1. The third kappa shape index (κ3) is 2.66. The van der Waals surface area contributed by atoms with Crippen LogP contribution in [0, 0.1) is 11.8 Å².